The van der Waals surface area contributed by atoms with Gasteiger partial charge in [-0.25, -0.2) is 0 Å². The van der Waals surface area contributed by atoms with Crippen LogP contribution in [0.15, 0.2) is 42.5 Å². The highest BCUT2D eigenvalue weighted by Crippen LogP contribution is 2.29. The Kier molecular flexibility index (Phi) is 4.66. The highest BCUT2D eigenvalue weighted by Gasteiger charge is 2.06. The van der Waals surface area contributed by atoms with Gasteiger partial charge in [0, 0.05) is 18.2 Å². The van der Waals surface area contributed by atoms with Gasteiger partial charge in [-0.3, -0.25) is 4.79 Å². The third-order valence-electron chi connectivity index (χ3n) is 3.10. The van der Waals surface area contributed by atoms with Gasteiger partial charge in [0.05, 0.1) is 19.9 Å². The number of amides is 1. The molecule has 2 aromatic rings. The molecule has 0 heterocycles. The largest absolute Gasteiger partial charge is 0.497 e. The van der Waals surface area contributed by atoms with E-state index < -0.39 is 5.91 Å². The molecule has 0 aliphatic rings. The van der Waals surface area contributed by atoms with Gasteiger partial charge in [0.1, 0.15) is 11.5 Å². The summed E-state index contributed by atoms with van der Waals surface area (Å²) in [7, 11) is 3.22. The number of hydrogen-bond donors (Lipinski definition) is 2. The summed E-state index contributed by atoms with van der Waals surface area (Å²) in [6, 6.07) is 12.7. The molecule has 3 N–H and O–H groups in total. The van der Waals surface area contributed by atoms with Crippen molar-refractivity contribution in [3.63, 3.8) is 0 Å². The smallest absolute Gasteiger partial charge is 0.248 e. The van der Waals surface area contributed by atoms with Gasteiger partial charge in [0.2, 0.25) is 5.91 Å². The first-order chi connectivity index (χ1) is 10.1. The third-order valence-corrected chi connectivity index (χ3v) is 3.10. The highest BCUT2D eigenvalue weighted by atomic mass is 16.5. The van der Waals surface area contributed by atoms with Gasteiger partial charge >= 0.3 is 0 Å². The maximum absolute atomic E-state index is 11.2. The predicted molar refractivity (Wildman–Crippen MR) is 81.8 cm³/mol. The second kappa shape index (κ2) is 6.65. The first-order valence-electron chi connectivity index (χ1n) is 6.48. The van der Waals surface area contributed by atoms with Gasteiger partial charge in [-0.05, 0) is 29.8 Å². The predicted octanol–water partition coefficient (Wildman–Crippen LogP) is 2.41. The lowest BCUT2D eigenvalue weighted by Crippen LogP contribution is -2.11. The van der Waals surface area contributed by atoms with Crippen LogP contribution in [0.3, 0.4) is 0 Å². The van der Waals surface area contributed by atoms with Gasteiger partial charge in [-0.2, -0.15) is 0 Å². The maximum atomic E-state index is 11.2. The molecule has 0 atom stereocenters. The van der Waals surface area contributed by atoms with Crippen LogP contribution in [-0.4, -0.2) is 20.1 Å². The molecule has 1 amide bonds. The number of anilines is 1. The monoisotopic (exact) mass is 286 g/mol. The third kappa shape index (κ3) is 3.66. The minimum absolute atomic E-state index is 0.434. The Balaban J connectivity index is 2.15. The molecule has 0 fully saturated rings. The van der Waals surface area contributed by atoms with Gasteiger partial charge in [0.15, 0.2) is 0 Å². The Labute approximate surface area is 123 Å². The van der Waals surface area contributed by atoms with Crippen molar-refractivity contribution in [2.75, 3.05) is 19.5 Å². The van der Waals surface area contributed by atoms with E-state index in [-0.39, 0.29) is 0 Å². The van der Waals surface area contributed by atoms with Crippen molar-refractivity contribution in [3.8, 4) is 11.5 Å². The first-order valence-corrected chi connectivity index (χ1v) is 6.48. The maximum Gasteiger partial charge on any atom is 0.248 e. The first kappa shape index (κ1) is 14.7. The average Bonchev–Trinajstić information content (AvgIpc) is 2.52. The van der Waals surface area contributed by atoms with Crippen LogP contribution in [0.2, 0.25) is 0 Å². The van der Waals surface area contributed by atoms with E-state index in [1.165, 1.54) is 0 Å². The summed E-state index contributed by atoms with van der Waals surface area (Å²) in [5, 5.41) is 3.26. The summed E-state index contributed by atoms with van der Waals surface area (Å²) < 4.78 is 10.5. The summed E-state index contributed by atoms with van der Waals surface area (Å²) in [5.41, 5.74) is 7.55. The fourth-order valence-corrected chi connectivity index (χ4v) is 1.98. The molecule has 0 aliphatic heterocycles. The second-order valence-electron chi connectivity index (χ2n) is 4.48. The quantitative estimate of drug-likeness (QED) is 0.855. The van der Waals surface area contributed by atoms with Gasteiger partial charge in [-0.15, -0.1) is 0 Å². The lowest BCUT2D eigenvalue weighted by molar-refractivity contribution is 0.1000. The molecule has 0 saturated carbocycles. The second-order valence-corrected chi connectivity index (χ2v) is 4.48. The summed E-state index contributed by atoms with van der Waals surface area (Å²) in [4.78, 5) is 11.2. The summed E-state index contributed by atoms with van der Waals surface area (Å²) in [6.45, 7) is 0.546. The van der Waals surface area contributed by atoms with E-state index in [9.17, 15) is 4.79 Å². The minimum Gasteiger partial charge on any atom is -0.497 e. The van der Waals surface area contributed by atoms with Gasteiger partial charge < -0.3 is 20.5 Å². The number of methoxy groups -OCH3 is 2. The van der Waals surface area contributed by atoms with Crippen LogP contribution in [0.1, 0.15) is 15.9 Å². The minimum atomic E-state index is -0.434. The van der Waals surface area contributed by atoms with E-state index in [1.54, 1.807) is 32.4 Å². The van der Waals surface area contributed by atoms with E-state index in [0.717, 1.165) is 22.7 Å². The summed E-state index contributed by atoms with van der Waals surface area (Å²) >= 11 is 0. The SMILES string of the molecule is COc1ccc(OC)c(NCc2cccc(C(N)=O)c2)c1. The highest BCUT2D eigenvalue weighted by molar-refractivity contribution is 5.92. The zero-order valence-electron chi connectivity index (χ0n) is 12.1. The fourth-order valence-electron chi connectivity index (χ4n) is 1.98. The standard InChI is InChI=1S/C16H18N2O3/c1-20-13-6-7-15(21-2)14(9-13)18-10-11-4-3-5-12(8-11)16(17)19/h3-9,18H,10H2,1-2H3,(H2,17,19). The Hall–Kier alpha value is -2.69. The van der Waals surface area contributed by atoms with Crippen LogP contribution in [0.5, 0.6) is 11.5 Å². The lowest BCUT2D eigenvalue weighted by Gasteiger charge is -2.13. The zero-order valence-corrected chi connectivity index (χ0v) is 12.1. The molecule has 5 heteroatoms. The molecular weight excluding hydrogens is 268 g/mol. The number of nitrogens with two attached hydrogens (primary N) is 1. The van der Waals surface area contributed by atoms with Crippen molar-refractivity contribution < 1.29 is 14.3 Å². The molecule has 21 heavy (non-hydrogen) atoms. The topological polar surface area (TPSA) is 73.6 Å². The number of hydrogen-bond acceptors (Lipinski definition) is 4. The Morgan fingerprint density at radius 2 is 1.95 bits per heavy atom. The van der Waals surface area contributed by atoms with Crippen molar-refractivity contribution in [1.29, 1.82) is 0 Å². The molecular formula is C16H18N2O3. The van der Waals surface area contributed by atoms with Gasteiger partial charge in [-0.1, -0.05) is 12.1 Å². The van der Waals surface area contributed by atoms with Crippen molar-refractivity contribution >= 4 is 11.6 Å². The Morgan fingerprint density at radius 1 is 1.14 bits per heavy atom. The van der Waals surface area contributed by atoms with Crippen molar-refractivity contribution in [2.24, 2.45) is 5.73 Å². The Bertz CT molecular complexity index is 641. The van der Waals surface area contributed by atoms with Crippen LogP contribution in [0, 0.1) is 0 Å². The van der Waals surface area contributed by atoms with E-state index in [4.69, 9.17) is 15.2 Å². The number of primary amides is 1. The number of ether oxygens (including phenoxy) is 2. The molecule has 0 aromatic heterocycles. The Morgan fingerprint density at radius 3 is 2.62 bits per heavy atom. The average molecular weight is 286 g/mol. The number of carbonyl (C=O) groups is 1. The van der Waals surface area contributed by atoms with Crippen LogP contribution < -0.4 is 20.5 Å². The van der Waals surface area contributed by atoms with E-state index in [1.807, 2.05) is 24.3 Å². The molecule has 2 aromatic carbocycles. The molecule has 0 bridgehead atoms. The normalized spacial score (nSPS) is 10.0. The molecule has 2 rings (SSSR count). The molecule has 110 valence electrons. The number of carbonyl (C=O) groups excluding carboxylic acids is 1. The fraction of sp³-hybridized carbons (Fsp3) is 0.188. The number of nitrogens with one attached hydrogen (secondary N) is 1. The van der Waals surface area contributed by atoms with Crippen molar-refractivity contribution in [1.82, 2.24) is 0 Å². The van der Waals surface area contributed by atoms with E-state index in [0.29, 0.717) is 12.1 Å². The number of benzene rings is 2. The van der Waals surface area contributed by atoms with Crippen molar-refractivity contribution in [2.45, 2.75) is 6.54 Å². The van der Waals surface area contributed by atoms with Crippen molar-refractivity contribution in [3.05, 3.63) is 53.6 Å². The molecule has 5 nitrogen and oxygen atoms in total. The van der Waals surface area contributed by atoms with E-state index in [2.05, 4.69) is 5.32 Å². The lowest BCUT2D eigenvalue weighted by atomic mass is 10.1. The van der Waals surface area contributed by atoms with E-state index >= 15 is 0 Å². The summed E-state index contributed by atoms with van der Waals surface area (Å²) in [5.74, 6) is 1.03. The van der Waals surface area contributed by atoms with Gasteiger partial charge in [0.25, 0.3) is 0 Å². The van der Waals surface area contributed by atoms with Crippen LogP contribution >= 0.6 is 0 Å². The van der Waals surface area contributed by atoms with Crippen LogP contribution in [-0.2, 0) is 6.54 Å². The number of rotatable bonds is 6. The molecule has 0 spiro atoms. The molecule has 0 unspecified atom stereocenters. The molecule has 0 radical (unpaired) electrons. The zero-order chi connectivity index (χ0) is 15.2. The van der Waals surface area contributed by atoms with Crippen LogP contribution in [0.25, 0.3) is 0 Å². The molecule has 0 saturated heterocycles. The van der Waals surface area contributed by atoms with Crippen LogP contribution in [0.4, 0.5) is 5.69 Å². The summed E-state index contributed by atoms with van der Waals surface area (Å²) in [6.07, 6.45) is 0. The molecule has 0 aliphatic carbocycles.